The molecule has 0 radical (unpaired) electrons. The third-order valence-corrected chi connectivity index (χ3v) is 5.05. The molecule has 0 amide bonds. The van der Waals surface area contributed by atoms with Crippen molar-refractivity contribution in [1.82, 2.24) is 0 Å². The fraction of sp³-hybridized carbons (Fsp3) is 0.467. The number of carbonyl (C=O) groups excluding carboxylic acids is 1. The number of carboxylic acids is 1. The molecule has 0 aromatic heterocycles. The van der Waals surface area contributed by atoms with Crippen LogP contribution in [0.5, 0.6) is 0 Å². The van der Waals surface area contributed by atoms with Gasteiger partial charge < -0.3 is 5.11 Å². The highest BCUT2D eigenvalue weighted by atomic mass is 35.5. The molecular weight excluding hydrogens is 296 g/mol. The van der Waals surface area contributed by atoms with E-state index in [2.05, 4.69) is 0 Å². The normalized spacial score (nSPS) is 20.1. The quantitative estimate of drug-likeness (QED) is 0.835. The maximum absolute atomic E-state index is 11.7. The van der Waals surface area contributed by atoms with Crippen LogP contribution in [0.3, 0.4) is 0 Å². The number of benzene rings is 1. The molecule has 1 fully saturated rings. The summed E-state index contributed by atoms with van der Waals surface area (Å²) in [5, 5.41) is 10.00. The summed E-state index contributed by atoms with van der Waals surface area (Å²) in [5.74, 6) is -1.47. The van der Waals surface area contributed by atoms with Crippen LogP contribution in [-0.2, 0) is 9.59 Å². The number of hydrogen-bond donors (Lipinski definition) is 1. The summed E-state index contributed by atoms with van der Waals surface area (Å²) in [6.45, 7) is 0. The van der Waals surface area contributed by atoms with Crippen molar-refractivity contribution in [1.29, 1.82) is 0 Å². The number of carboxylic acid groups (broad SMARTS) is 1. The molecule has 2 atom stereocenters. The number of hydrogen-bond acceptors (Lipinski definition) is 3. The predicted molar refractivity (Wildman–Crippen MR) is 80.6 cm³/mol. The van der Waals surface area contributed by atoms with Gasteiger partial charge in [-0.2, -0.15) is 0 Å². The van der Waals surface area contributed by atoms with E-state index < -0.39 is 11.9 Å². The Balaban J connectivity index is 2.22. The standard InChI is InChI=1S/C15H17ClO3S/c1-20-14-6-5-9(8-12(14)16)11(15(18)19)7-10-3-2-4-13(10)17/h5-6,8,10-11H,2-4,7H2,1H3,(H,18,19). The first-order chi connectivity index (χ1) is 9.52. The van der Waals surface area contributed by atoms with Crippen LogP contribution in [-0.4, -0.2) is 23.1 Å². The average molecular weight is 313 g/mol. The summed E-state index contributed by atoms with van der Waals surface area (Å²) in [7, 11) is 0. The number of aliphatic carboxylic acids is 1. The van der Waals surface area contributed by atoms with Crippen molar-refractivity contribution in [2.75, 3.05) is 6.26 Å². The molecule has 0 spiro atoms. The first kappa shape index (κ1) is 15.4. The minimum Gasteiger partial charge on any atom is -0.481 e. The van der Waals surface area contributed by atoms with Crippen LogP contribution >= 0.6 is 23.4 Å². The Morgan fingerprint density at radius 1 is 1.55 bits per heavy atom. The van der Waals surface area contributed by atoms with Gasteiger partial charge in [0.1, 0.15) is 5.78 Å². The van der Waals surface area contributed by atoms with E-state index in [0.29, 0.717) is 23.4 Å². The predicted octanol–water partition coefficient (Wildman–Crippen LogP) is 3.99. The lowest BCUT2D eigenvalue weighted by molar-refractivity contribution is -0.139. The summed E-state index contributed by atoms with van der Waals surface area (Å²) in [4.78, 5) is 24.1. The molecule has 1 aromatic carbocycles. The monoisotopic (exact) mass is 312 g/mol. The van der Waals surface area contributed by atoms with Crippen molar-refractivity contribution in [3.05, 3.63) is 28.8 Å². The second-order valence-corrected chi connectivity index (χ2v) is 6.33. The highest BCUT2D eigenvalue weighted by molar-refractivity contribution is 7.98. The zero-order valence-corrected chi connectivity index (χ0v) is 12.8. The highest BCUT2D eigenvalue weighted by Gasteiger charge is 2.31. The van der Waals surface area contributed by atoms with Crippen molar-refractivity contribution < 1.29 is 14.7 Å². The van der Waals surface area contributed by atoms with Gasteiger partial charge in [0.2, 0.25) is 0 Å². The highest BCUT2D eigenvalue weighted by Crippen LogP contribution is 2.35. The fourth-order valence-electron chi connectivity index (χ4n) is 2.70. The molecule has 3 nitrogen and oxygen atoms in total. The van der Waals surface area contributed by atoms with E-state index in [4.69, 9.17) is 11.6 Å². The van der Waals surface area contributed by atoms with Gasteiger partial charge in [0.15, 0.2) is 0 Å². The number of ketones is 1. The lowest BCUT2D eigenvalue weighted by Gasteiger charge is -2.17. The van der Waals surface area contributed by atoms with Crippen LogP contribution < -0.4 is 0 Å². The van der Waals surface area contributed by atoms with Crippen LogP contribution in [0.2, 0.25) is 5.02 Å². The maximum atomic E-state index is 11.7. The van der Waals surface area contributed by atoms with E-state index in [1.807, 2.05) is 12.3 Å². The van der Waals surface area contributed by atoms with Crippen LogP contribution in [0, 0.1) is 5.92 Å². The second-order valence-electron chi connectivity index (χ2n) is 5.08. The van der Waals surface area contributed by atoms with Crippen LogP contribution in [0.4, 0.5) is 0 Å². The van der Waals surface area contributed by atoms with Gasteiger partial charge in [-0.1, -0.05) is 17.7 Å². The molecule has 1 aliphatic rings. The van der Waals surface area contributed by atoms with E-state index in [-0.39, 0.29) is 11.7 Å². The van der Waals surface area contributed by atoms with Crippen molar-refractivity contribution >= 4 is 35.1 Å². The van der Waals surface area contributed by atoms with Crippen molar-refractivity contribution in [2.24, 2.45) is 5.92 Å². The zero-order valence-electron chi connectivity index (χ0n) is 11.3. The van der Waals surface area contributed by atoms with Gasteiger partial charge in [0.05, 0.1) is 10.9 Å². The molecule has 1 aliphatic carbocycles. The first-order valence-electron chi connectivity index (χ1n) is 6.62. The van der Waals surface area contributed by atoms with Gasteiger partial charge in [-0.3, -0.25) is 9.59 Å². The van der Waals surface area contributed by atoms with Gasteiger partial charge in [0.25, 0.3) is 0 Å². The molecule has 1 N–H and O–H groups in total. The van der Waals surface area contributed by atoms with Crippen LogP contribution in [0.25, 0.3) is 0 Å². The molecule has 0 bridgehead atoms. The smallest absolute Gasteiger partial charge is 0.310 e. The Morgan fingerprint density at radius 2 is 2.30 bits per heavy atom. The minimum absolute atomic E-state index is 0.116. The molecule has 1 saturated carbocycles. The van der Waals surface area contributed by atoms with Gasteiger partial charge in [-0.25, -0.2) is 0 Å². The molecule has 5 heteroatoms. The van der Waals surface area contributed by atoms with Gasteiger partial charge in [-0.05, 0) is 43.2 Å². The SMILES string of the molecule is CSc1ccc(C(CC2CCCC2=O)C(=O)O)cc1Cl. The molecule has 20 heavy (non-hydrogen) atoms. The maximum Gasteiger partial charge on any atom is 0.310 e. The largest absolute Gasteiger partial charge is 0.481 e. The second kappa shape index (κ2) is 6.64. The number of thioether (sulfide) groups is 1. The lowest BCUT2D eigenvalue weighted by atomic mass is 9.87. The summed E-state index contributed by atoms with van der Waals surface area (Å²) in [6.07, 6.45) is 4.57. The summed E-state index contributed by atoms with van der Waals surface area (Å²) < 4.78 is 0. The molecule has 108 valence electrons. The van der Waals surface area contributed by atoms with Crippen molar-refractivity contribution in [3.63, 3.8) is 0 Å². The van der Waals surface area contributed by atoms with Crippen molar-refractivity contribution in [3.8, 4) is 0 Å². The Kier molecular flexibility index (Phi) is 5.11. The van der Waals surface area contributed by atoms with E-state index in [0.717, 1.165) is 17.7 Å². The summed E-state index contributed by atoms with van der Waals surface area (Å²) >= 11 is 7.67. The molecule has 2 unspecified atom stereocenters. The molecule has 1 aromatic rings. The topological polar surface area (TPSA) is 54.4 Å². The molecule has 0 saturated heterocycles. The Hall–Kier alpha value is -1.00. The molecule has 0 heterocycles. The number of halogens is 1. The average Bonchev–Trinajstić information content (AvgIpc) is 2.81. The van der Waals surface area contributed by atoms with E-state index >= 15 is 0 Å². The third kappa shape index (κ3) is 3.36. The van der Waals surface area contributed by atoms with Gasteiger partial charge in [0, 0.05) is 17.2 Å². The van der Waals surface area contributed by atoms with Crippen LogP contribution in [0.1, 0.15) is 37.2 Å². The molecular formula is C15H17ClO3S. The van der Waals surface area contributed by atoms with Gasteiger partial charge in [-0.15, -0.1) is 11.8 Å². The van der Waals surface area contributed by atoms with Crippen molar-refractivity contribution in [2.45, 2.75) is 36.5 Å². The fourth-order valence-corrected chi connectivity index (χ4v) is 3.58. The Labute approximate surface area is 127 Å². The number of carbonyl (C=O) groups is 2. The molecule has 0 aliphatic heterocycles. The summed E-state index contributed by atoms with van der Waals surface area (Å²) in [6, 6.07) is 5.36. The number of Topliss-reactive ketones (excluding diaryl/α,β-unsaturated/α-hetero) is 1. The third-order valence-electron chi connectivity index (χ3n) is 3.83. The number of rotatable bonds is 5. The van der Waals surface area contributed by atoms with Crippen LogP contribution in [0.15, 0.2) is 23.1 Å². The Bertz CT molecular complexity index is 530. The van der Waals surface area contributed by atoms with E-state index in [1.165, 1.54) is 11.8 Å². The van der Waals surface area contributed by atoms with Gasteiger partial charge >= 0.3 is 5.97 Å². The minimum atomic E-state index is -0.891. The summed E-state index contributed by atoms with van der Waals surface area (Å²) in [5.41, 5.74) is 0.681. The first-order valence-corrected chi connectivity index (χ1v) is 8.22. The molecule has 2 rings (SSSR count). The van der Waals surface area contributed by atoms with E-state index in [9.17, 15) is 14.7 Å². The Morgan fingerprint density at radius 3 is 2.80 bits per heavy atom. The lowest BCUT2D eigenvalue weighted by Crippen LogP contribution is -2.18. The van der Waals surface area contributed by atoms with E-state index in [1.54, 1.807) is 12.1 Å². The zero-order chi connectivity index (χ0) is 14.7.